The summed E-state index contributed by atoms with van der Waals surface area (Å²) >= 11 is 1.12. The molecule has 0 spiro atoms. The van der Waals surface area contributed by atoms with Crippen molar-refractivity contribution in [3.8, 4) is 0 Å². The molecule has 0 saturated carbocycles. The normalized spacial score (nSPS) is 17.5. The van der Waals surface area contributed by atoms with Gasteiger partial charge in [-0.2, -0.15) is 22.0 Å². The molecule has 0 aliphatic carbocycles. The first-order valence-corrected chi connectivity index (χ1v) is 3.24. The lowest BCUT2D eigenvalue weighted by molar-refractivity contribution is -0.256. The molecule has 0 aliphatic heterocycles. The van der Waals surface area contributed by atoms with E-state index in [4.69, 9.17) is 5.53 Å². The van der Waals surface area contributed by atoms with Crippen LogP contribution in [0.2, 0.25) is 0 Å². The third-order valence-corrected chi connectivity index (χ3v) is 1.83. The summed E-state index contributed by atoms with van der Waals surface area (Å²) in [6, 6.07) is -5.24. The number of nitrogens with zero attached hydrogens (tertiary/aromatic N) is 3. The molecule has 0 aromatic carbocycles. The summed E-state index contributed by atoms with van der Waals surface area (Å²) in [5.74, 6) is 0. The van der Waals surface area contributed by atoms with Crippen LogP contribution in [0.4, 0.5) is 26.3 Å². The van der Waals surface area contributed by atoms with Gasteiger partial charge in [0.1, 0.15) is 0 Å². The number of hydrogen-bond donors (Lipinski definition) is 0. The van der Waals surface area contributed by atoms with E-state index in [1.165, 1.54) is 10.0 Å². The molecule has 0 heterocycles. The minimum absolute atomic E-state index is 1.12. The molecule has 76 valence electrons. The van der Waals surface area contributed by atoms with E-state index in [1.807, 2.05) is 0 Å². The monoisotopic (exact) mass is 271 g/mol. The third-order valence-electron chi connectivity index (χ3n) is 0.904. The van der Waals surface area contributed by atoms with Gasteiger partial charge < -0.3 is 0 Å². The average molecular weight is 272 g/mol. The summed E-state index contributed by atoms with van der Waals surface area (Å²) in [4.78, 5) is 1.39. The lowest BCUT2D eigenvalue weighted by Gasteiger charge is -2.26. The number of hydrogen-bond acceptors (Lipinski definition) is 1. The van der Waals surface area contributed by atoms with E-state index >= 15 is 0 Å². The SMILES string of the molecule is [N-]=[N+]=NC(F)(F)C(F)(Br)C(F)(F)F. The Kier molecular flexibility index (Phi) is 3.10. The van der Waals surface area contributed by atoms with Crippen molar-refractivity contribution in [2.45, 2.75) is 16.8 Å². The maximum Gasteiger partial charge on any atom is 0.439 e. The molecule has 13 heavy (non-hydrogen) atoms. The Labute approximate surface area is 75.5 Å². The highest BCUT2D eigenvalue weighted by Gasteiger charge is 2.70. The molecule has 0 rings (SSSR count). The molecule has 1 unspecified atom stereocenters. The number of halogens is 7. The first-order chi connectivity index (χ1) is 5.56. The summed E-state index contributed by atoms with van der Waals surface area (Å²) < 4.78 is 66.3. The van der Waals surface area contributed by atoms with Gasteiger partial charge in [-0.1, -0.05) is 0 Å². The van der Waals surface area contributed by atoms with Crippen LogP contribution < -0.4 is 0 Å². The highest BCUT2D eigenvalue weighted by atomic mass is 79.9. The molecule has 3 nitrogen and oxygen atoms in total. The van der Waals surface area contributed by atoms with Crippen LogP contribution in [0.15, 0.2) is 5.11 Å². The summed E-state index contributed by atoms with van der Waals surface area (Å²) in [7, 11) is 0. The van der Waals surface area contributed by atoms with Crippen molar-refractivity contribution >= 4 is 15.9 Å². The van der Waals surface area contributed by atoms with Gasteiger partial charge in [0.25, 0.3) is 0 Å². The lowest BCUT2D eigenvalue weighted by atomic mass is 10.3. The fraction of sp³-hybridized carbons (Fsp3) is 1.00. The molecular weight excluding hydrogens is 272 g/mol. The largest absolute Gasteiger partial charge is 0.439 e. The van der Waals surface area contributed by atoms with E-state index in [1.54, 1.807) is 0 Å². The quantitative estimate of drug-likeness (QED) is 0.184. The maximum absolute atomic E-state index is 12.3. The van der Waals surface area contributed by atoms with Crippen molar-refractivity contribution < 1.29 is 26.3 Å². The maximum atomic E-state index is 12.3. The summed E-state index contributed by atoms with van der Waals surface area (Å²) in [5.41, 5.74) is 7.45. The Morgan fingerprint density at radius 3 is 1.69 bits per heavy atom. The van der Waals surface area contributed by atoms with Gasteiger partial charge in [0.15, 0.2) is 0 Å². The van der Waals surface area contributed by atoms with Crippen molar-refractivity contribution in [3.63, 3.8) is 0 Å². The molecule has 1 atom stereocenters. The van der Waals surface area contributed by atoms with E-state index in [0.717, 1.165) is 15.9 Å². The second-order valence-corrected chi connectivity index (χ2v) is 2.90. The van der Waals surface area contributed by atoms with Crippen molar-refractivity contribution in [2.75, 3.05) is 0 Å². The molecule has 0 saturated heterocycles. The highest BCUT2D eigenvalue weighted by molar-refractivity contribution is 9.10. The van der Waals surface area contributed by atoms with Crippen LogP contribution in [-0.2, 0) is 0 Å². The first kappa shape index (κ1) is 12.4. The van der Waals surface area contributed by atoms with Crippen molar-refractivity contribution in [3.05, 3.63) is 10.4 Å². The number of alkyl halides is 7. The average Bonchev–Trinajstić information content (AvgIpc) is 1.84. The van der Waals surface area contributed by atoms with Gasteiger partial charge in [0, 0.05) is 4.91 Å². The molecule has 10 heteroatoms. The molecule has 0 N–H and O–H groups in total. The van der Waals surface area contributed by atoms with Crippen molar-refractivity contribution in [1.29, 1.82) is 0 Å². The van der Waals surface area contributed by atoms with Crippen molar-refractivity contribution in [2.24, 2.45) is 5.11 Å². The molecule has 0 aromatic heterocycles. The molecule has 0 radical (unpaired) electrons. The smallest absolute Gasteiger partial charge is 0.214 e. The molecule has 0 fully saturated rings. The Bertz CT molecular complexity index is 240. The Hall–Kier alpha value is -0.630. The third kappa shape index (κ3) is 2.19. The summed E-state index contributed by atoms with van der Waals surface area (Å²) in [5, 5.41) is 1.40. The van der Waals surface area contributed by atoms with Gasteiger partial charge in [0.05, 0.1) is 0 Å². The van der Waals surface area contributed by atoms with Crippen LogP contribution in [0.3, 0.4) is 0 Å². The van der Waals surface area contributed by atoms with Gasteiger partial charge in [-0.25, -0.2) is 4.39 Å². The van der Waals surface area contributed by atoms with Crippen LogP contribution in [0.25, 0.3) is 10.4 Å². The zero-order chi connectivity index (χ0) is 10.9. The molecular formula is C3BrF6N3. The van der Waals surface area contributed by atoms with E-state index in [9.17, 15) is 26.3 Å². The standard InChI is InChI=1S/C3BrF6N3/c4-1(5,2(6,7)8)3(9,10)12-13-11. The molecule has 0 aliphatic rings. The number of rotatable bonds is 2. The molecule has 0 amide bonds. The van der Waals surface area contributed by atoms with E-state index in [-0.39, 0.29) is 0 Å². The second-order valence-electron chi connectivity index (χ2n) is 1.80. The van der Waals surface area contributed by atoms with Crippen LogP contribution >= 0.6 is 15.9 Å². The van der Waals surface area contributed by atoms with Gasteiger partial charge >= 0.3 is 16.8 Å². The first-order valence-electron chi connectivity index (χ1n) is 2.45. The molecule has 0 aromatic rings. The Balaban J connectivity index is 5.14. The number of azide groups is 1. The lowest BCUT2D eigenvalue weighted by Crippen LogP contribution is -2.49. The van der Waals surface area contributed by atoms with Gasteiger partial charge in [-0.15, -0.1) is 0 Å². The molecule has 0 bridgehead atoms. The van der Waals surface area contributed by atoms with Crippen LogP contribution in [-0.4, -0.2) is 16.8 Å². The summed E-state index contributed by atoms with van der Waals surface area (Å²) in [6.07, 6.45) is -5.88. The Morgan fingerprint density at radius 1 is 1.08 bits per heavy atom. The van der Waals surface area contributed by atoms with Crippen LogP contribution in [0.1, 0.15) is 0 Å². The minimum atomic E-state index is -5.88. The van der Waals surface area contributed by atoms with Gasteiger partial charge in [-0.3, -0.25) is 0 Å². The fourth-order valence-corrected chi connectivity index (χ4v) is 0.369. The Morgan fingerprint density at radius 2 is 1.46 bits per heavy atom. The summed E-state index contributed by atoms with van der Waals surface area (Å²) in [6.45, 7) is 0. The van der Waals surface area contributed by atoms with E-state index in [2.05, 4.69) is 0 Å². The predicted octanol–water partition coefficient (Wildman–Crippen LogP) is 3.51. The zero-order valence-electron chi connectivity index (χ0n) is 5.49. The predicted molar refractivity (Wildman–Crippen MR) is 32.9 cm³/mol. The fourth-order valence-electron chi connectivity index (χ4n) is 0.289. The van der Waals surface area contributed by atoms with Gasteiger partial charge in [0.2, 0.25) is 0 Å². The van der Waals surface area contributed by atoms with Crippen molar-refractivity contribution in [1.82, 2.24) is 0 Å². The topological polar surface area (TPSA) is 48.8 Å². The van der Waals surface area contributed by atoms with Crippen LogP contribution in [0, 0.1) is 0 Å². The zero-order valence-corrected chi connectivity index (χ0v) is 7.07. The highest BCUT2D eigenvalue weighted by Crippen LogP contribution is 2.50. The second kappa shape index (κ2) is 3.26. The van der Waals surface area contributed by atoms with E-state index < -0.39 is 16.8 Å². The van der Waals surface area contributed by atoms with Gasteiger partial charge in [-0.05, 0) is 26.6 Å². The minimum Gasteiger partial charge on any atom is -0.214 e. The van der Waals surface area contributed by atoms with E-state index in [0.29, 0.717) is 0 Å². The van der Waals surface area contributed by atoms with Crippen LogP contribution in [0.5, 0.6) is 0 Å².